The molecular formula is C22H28N6O2. The van der Waals surface area contributed by atoms with E-state index in [2.05, 4.69) is 20.4 Å². The van der Waals surface area contributed by atoms with E-state index in [9.17, 15) is 4.79 Å². The highest BCUT2D eigenvalue weighted by Gasteiger charge is 2.15. The van der Waals surface area contributed by atoms with Crippen molar-refractivity contribution in [3.8, 4) is 11.7 Å². The summed E-state index contributed by atoms with van der Waals surface area (Å²) in [6, 6.07) is 11.6. The monoisotopic (exact) mass is 408 g/mol. The zero-order chi connectivity index (χ0) is 21.7. The van der Waals surface area contributed by atoms with Gasteiger partial charge in [-0.25, -0.2) is 9.97 Å². The third-order valence-corrected chi connectivity index (χ3v) is 4.44. The average molecular weight is 409 g/mol. The van der Waals surface area contributed by atoms with Crippen LogP contribution < -0.4 is 10.1 Å². The molecule has 0 fully saturated rings. The van der Waals surface area contributed by atoms with Gasteiger partial charge < -0.3 is 10.1 Å². The number of likely N-dealkylation sites (N-methyl/N-ethyl adjacent to an activating group) is 1. The molecule has 8 heteroatoms. The molecule has 2 aromatic heterocycles. The van der Waals surface area contributed by atoms with E-state index in [1.54, 1.807) is 10.7 Å². The number of nitrogens with zero attached hydrogens (tertiary/aromatic N) is 5. The first-order chi connectivity index (χ1) is 14.3. The molecule has 3 rings (SSSR count). The number of aromatic nitrogens is 4. The SMILES string of the molecule is Cc1ccc(OCCN(C)CC(=O)Nc2cc(C)nn2-c2nc(C)cc(C)n2)cc1. The number of amides is 1. The fourth-order valence-corrected chi connectivity index (χ4v) is 3.00. The molecule has 158 valence electrons. The Labute approximate surface area is 176 Å². The molecule has 0 saturated heterocycles. The lowest BCUT2D eigenvalue weighted by Gasteiger charge is -2.17. The Hall–Kier alpha value is -3.26. The van der Waals surface area contributed by atoms with Crippen molar-refractivity contribution >= 4 is 11.7 Å². The molecule has 1 N–H and O–H groups in total. The van der Waals surface area contributed by atoms with Gasteiger partial charge >= 0.3 is 0 Å². The van der Waals surface area contributed by atoms with Gasteiger partial charge in [-0.05, 0) is 52.9 Å². The minimum absolute atomic E-state index is 0.140. The standard InChI is InChI=1S/C22H28N6O2/c1-15-6-8-19(9-7-15)30-11-10-27(5)14-21(29)25-20-13-18(4)26-28(20)22-23-16(2)12-17(3)24-22/h6-9,12-13H,10-11,14H2,1-5H3,(H,25,29). The number of hydrogen-bond acceptors (Lipinski definition) is 6. The summed E-state index contributed by atoms with van der Waals surface area (Å²) in [6.07, 6.45) is 0. The Kier molecular flexibility index (Phi) is 6.79. The number of anilines is 1. The van der Waals surface area contributed by atoms with Gasteiger partial charge in [0.15, 0.2) is 0 Å². The van der Waals surface area contributed by atoms with Crippen molar-refractivity contribution < 1.29 is 9.53 Å². The smallest absolute Gasteiger partial charge is 0.252 e. The number of aryl methyl sites for hydroxylation is 4. The second-order valence-electron chi connectivity index (χ2n) is 7.48. The molecule has 1 aromatic carbocycles. The van der Waals surface area contributed by atoms with Crippen LogP contribution in [0.1, 0.15) is 22.6 Å². The van der Waals surface area contributed by atoms with Crippen LogP contribution in [0.4, 0.5) is 5.82 Å². The summed E-state index contributed by atoms with van der Waals surface area (Å²) in [5.74, 6) is 1.67. The highest BCUT2D eigenvalue weighted by Crippen LogP contribution is 2.15. The van der Waals surface area contributed by atoms with Crippen LogP contribution >= 0.6 is 0 Å². The second kappa shape index (κ2) is 9.49. The number of rotatable bonds is 8. The second-order valence-corrected chi connectivity index (χ2v) is 7.48. The largest absolute Gasteiger partial charge is 0.492 e. The molecule has 0 aliphatic heterocycles. The van der Waals surface area contributed by atoms with Crippen molar-refractivity contribution in [3.63, 3.8) is 0 Å². The third-order valence-electron chi connectivity index (χ3n) is 4.44. The van der Waals surface area contributed by atoms with Crippen LogP contribution in [-0.2, 0) is 4.79 Å². The quantitative estimate of drug-likeness (QED) is 0.617. The Balaban J connectivity index is 1.56. The summed E-state index contributed by atoms with van der Waals surface area (Å²) in [6.45, 7) is 9.06. The average Bonchev–Trinajstić information content (AvgIpc) is 3.02. The van der Waals surface area contributed by atoms with Crippen molar-refractivity contribution in [1.82, 2.24) is 24.6 Å². The molecule has 8 nitrogen and oxygen atoms in total. The van der Waals surface area contributed by atoms with E-state index < -0.39 is 0 Å². The molecule has 0 aliphatic rings. The van der Waals surface area contributed by atoms with Gasteiger partial charge in [0.25, 0.3) is 5.95 Å². The number of hydrogen-bond donors (Lipinski definition) is 1. The molecule has 30 heavy (non-hydrogen) atoms. The Morgan fingerprint density at radius 2 is 1.70 bits per heavy atom. The number of nitrogens with one attached hydrogen (secondary N) is 1. The first-order valence-electron chi connectivity index (χ1n) is 9.87. The first-order valence-corrected chi connectivity index (χ1v) is 9.87. The lowest BCUT2D eigenvalue weighted by Crippen LogP contribution is -2.33. The topological polar surface area (TPSA) is 85.2 Å². The van der Waals surface area contributed by atoms with Crippen LogP contribution in [-0.4, -0.2) is 57.3 Å². The lowest BCUT2D eigenvalue weighted by atomic mass is 10.2. The van der Waals surface area contributed by atoms with E-state index in [-0.39, 0.29) is 12.5 Å². The number of carbonyl (C=O) groups is 1. The van der Waals surface area contributed by atoms with Crippen LogP contribution in [0.2, 0.25) is 0 Å². The zero-order valence-corrected chi connectivity index (χ0v) is 18.1. The normalized spacial score (nSPS) is 11.0. The predicted molar refractivity (Wildman–Crippen MR) is 116 cm³/mol. The van der Waals surface area contributed by atoms with Gasteiger partial charge in [0.2, 0.25) is 5.91 Å². The third kappa shape index (κ3) is 5.87. The van der Waals surface area contributed by atoms with Crippen LogP contribution in [0.15, 0.2) is 36.4 Å². The Bertz CT molecular complexity index is 993. The highest BCUT2D eigenvalue weighted by molar-refractivity contribution is 5.91. The maximum atomic E-state index is 12.5. The summed E-state index contributed by atoms with van der Waals surface area (Å²) in [7, 11) is 1.88. The van der Waals surface area contributed by atoms with E-state index in [4.69, 9.17) is 4.74 Å². The summed E-state index contributed by atoms with van der Waals surface area (Å²) >= 11 is 0. The van der Waals surface area contributed by atoms with Gasteiger partial charge in [0, 0.05) is 24.0 Å². The van der Waals surface area contributed by atoms with Gasteiger partial charge in [0.1, 0.15) is 18.2 Å². The van der Waals surface area contributed by atoms with Crippen molar-refractivity contribution in [3.05, 3.63) is 59.0 Å². The van der Waals surface area contributed by atoms with Gasteiger partial charge in [-0.1, -0.05) is 17.7 Å². The van der Waals surface area contributed by atoms with Crippen molar-refractivity contribution in [2.45, 2.75) is 27.7 Å². The highest BCUT2D eigenvalue weighted by atomic mass is 16.5. The molecule has 0 unspecified atom stereocenters. The summed E-state index contributed by atoms with van der Waals surface area (Å²) in [5, 5.41) is 7.34. The Morgan fingerprint density at radius 1 is 1.03 bits per heavy atom. The fourth-order valence-electron chi connectivity index (χ4n) is 3.00. The molecule has 2 heterocycles. The summed E-state index contributed by atoms with van der Waals surface area (Å²) in [5.41, 5.74) is 3.65. The van der Waals surface area contributed by atoms with Gasteiger partial charge in [0.05, 0.1) is 12.2 Å². The molecule has 0 aliphatic carbocycles. The maximum Gasteiger partial charge on any atom is 0.252 e. The maximum absolute atomic E-state index is 12.5. The van der Waals surface area contributed by atoms with Crippen LogP contribution in [0, 0.1) is 27.7 Å². The van der Waals surface area contributed by atoms with Crippen LogP contribution in [0.5, 0.6) is 5.75 Å². The molecule has 1 amide bonds. The molecule has 3 aromatic rings. The van der Waals surface area contributed by atoms with Crippen LogP contribution in [0.25, 0.3) is 5.95 Å². The zero-order valence-electron chi connectivity index (χ0n) is 18.1. The molecule has 0 saturated carbocycles. The van der Waals surface area contributed by atoms with Crippen molar-refractivity contribution in [1.29, 1.82) is 0 Å². The van der Waals surface area contributed by atoms with Gasteiger partial charge in [-0.3, -0.25) is 9.69 Å². The molecule has 0 radical (unpaired) electrons. The molecule has 0 atom stereocenters. The number of benzene rings is 1. The van der Waals surface area contributed by atoms with E-state index in [1.165, 1.54) is 5.56 Å². The number of carbonyl (C=O) groups excluding carboxylic acids is 1. The van der Waals surface area contributed by atoms with Crippen molar-refractivity contribution in [2.24, 2.45) is 0 Å². The predicted octanol–water partition coefficient (Wildman–Crippen LogP) is 2.85. The minimum atomic E-state index is -0.140. The minimum Gasteiger partial charge on any atom is -0.492 e. The van der Waals surface area contributed by atoms with E-state index in [0.29, 0.717) is 24.9 Å². The van der Waals surface area contributed by atoms with E-state index in [0.717, 1.165) is 22.8 Å². The summed E-state index contributed by atoms with van der Waals surface area (Å²) < 4.78 is 7.29. The molecule has 0 spiro atoms. The van der Waals surface area contributed by atoms with Crippen molar-refractivity contribution in [2.75, 3.05) is 32.1 Å². The van der Waals surface area contributed by atoms with E-state index >= 15 is 0 Å². The number of ether oxygens (including phenoxy) is 1. The lowest BCUT2D eigenvalue weighted by molar-refractivity contribution is -0.117. The fraction of sp³-hybridized carbons (Fsp3) is 0.364. The van der Waals surface area contributed by atoms with E-state index in [1.807, 2.05) is 70.0 Å². The first kappa shape index (κ1) is 21.4. The Morgan fingerprint density at radius 3 is 2.37 bits per heavy atom. The summed E-state index contributed by atoms with van der Waals surface area (Å²) in [4.78, 5) is 23.3. The molecule has 0 bridgehead atoms. The van der Waals surface area contributed by atoms with Crippen LogP contribution in [0.3, 0.4) is 0 Å². The van der Waals surface area contributed by atoms with Gasteiger partial charge in [-0.15, -0.1) is 0 Å². The molecular weight excluding hydrogens is 380 g/mol. The van der Waals surface area contributed by atoms with Gasteiger partial charge in [-0.2, -0.15) is 9.78 Å².